The Bertz CT molecular complexity index is 536. The standard InChI is InChI=1S/C15H23NO5/c1-5-21-15(18)14-11(2)10-13(17)16(12(14)3)6-7-20-9-8-19-4/h10H,5-9H2,1-4H3. The number of nitrogens with zero attached hydrogens (tertiary/aromatic N) is 1. The van der Waals surface area contributed by atoms with Crippen LogP contribution in [0.3, 0.4) is 0 Å². The second kappa shape index (κ2) is 8.59. The third kappa shape index (κ3) is 4.68. The van der Waals surface area contributed by atoms with Gasteiger partial charge in [-0.2, -0.15) is 0 Å². The first-order valence-electron chi connectivity index (χ1n) is 6.97. The second-order valence-corrected chi connectivity index (χ2v) is 4.60. The van der Waals surface area contributed by atoms with Crippen LogP contribution in [-0.4, -0.2) is 44.1 Å². The van der Waals surface area contributed by atoms with E-state index in [1.54, 1.807) is 27.9 Å². The van der Waals surface area contributed by atoms with Gasteiger partial charge >= 0.3 is 5.97 Å². The number of aryl methyl sites for hydroxylation is 1. The first kappa shape index (κ1) is 17.4. The summed E-state index contributed by atoms with van der Waals surface area (Å²) in [5, 5.41) is 0. The minimum Gasteiger partial charge on any atom is -0.462 e. The fourth-order valence-corrected chi connectivity index (χ4v) is 2.11. The van der Waals surface area contributed by atoms with Crippen LogP contribution in [0.5, 0.6) is 0 Å². The summed E-state index contributed by atoms with van der Waals surface area (Å²) >= 11 is 0. The predicted molar refractivity (Wildman–Crippen MR) is 78.8 cm³/mol. The lowest BCUT2D eigenvalue weighted by Gasteiger charge is -2.15. The van der Waals surface area contributed by atoms with Crippen molar-refractivity contribution in [3.63, 3.8) is 0 Å². The molecular formula is C15H23NO5. The van der Waals surface area contributed by atoms with Crippen molar-refractivity contribution in [2.75, 3.05) is 33.5 Å². The molecule has 21 heavy (non-hydrogen) atoms. The van der Waals surface area contributed by atoms with Crippen molar-refractivity contribution in [3.8, 4) is 0 Å². The number of carbonyl (C=O) groups excluding carboxylic acids is 1. The van der Waals surface area contributed by atoms with Crippen LogP contribution in [0.2, 0.25) is 0 Å². The Morgan fingerprint density at radius 2 is 1.95 bits per heavy atom. The molecule has 0 N–H and O–H groups in total. The fourth-order valence-electron chi connectivity index (χ4n) is 2.11. The zero-order chi connectivity index (χ0) is 15.8. The molecule has 0 amide bonds. The van der Waals surface area contributed by atoms with E-state index in [9.17, 15) is 9.59 Å². The van der Waals surface area contributed by atoms with Crippen molar-refractivity contribution in [1.82, 2.24) is 4.57 Å². The summed E-state index contributed by atoms with van der Waals surface area (Å²) in [6.07, 6.45) is 0. The SMILES string of the molecule is CCOC(=O)c1c(C)cc(=O)n(CCOCCOC)c1C. The Kier molecular flexibility index (Phi) is 7.11. The normalized spacial score (nSPS) is 10.7. The quantitative estimate of drug-likeness (QED) is 0.534. The van der Waals surface area contributed by atoms with Gasteiger partial charge in [0.1, 0.15) is 0 Å². The summed E-state index contributed by atoms with van der Waals surface area (Å²) in [6, 6.07) is 1.45. The Balaban J connectivity index is 2.91. The van der Waals surface area contributed by atoms with Gasteiger partial charge in [-0.1, -0.05) is 0 Å². The van der Waals surface area contributed by atoms with Gasteiger partial charge in [-0.25, -0.2) is 4.79 Å². The van der Waals surface area contributed by atoms with E-state index >= 15 is 0 Å². The molecule has 0 aliphatic rings. The molecule has 0 bridgehead atoms. The van der Waals surface area contributed by atoms with Crippen molar-refractivity contribution in [2.24, 2.45) is 0 Å². The van der Waals surface area contributed by atoms with Gasteiger partial charge in [0.2, 0.25) is 0 Å². The average molecular weight is 297 g/mol. The van der Waals surface area contributed by atoms with Crippen LogP contribution in [0.1, 0.15) is 28.5 Å². The maximum Gasteiger partial charge on any atom is 0.340 e. The number of carbonyl (C=O) groups is 1. The van der Waals surface area contributed by atoms with Gasteiger partial charge in [-0.05, 0) is 26.3 Å². The summed E-state index contributed by atoms with van der Waals surface area (Å²) in [5.41, 5.74) is 1.54. The van der Waals surface area contributed by atoms with Crippen molar-refractivity contribution in [3.05, 3.63) is 33.2 Å². The maximum atomic E-state index is 12.0. The second-order valence-electron chi connectivity index (χ2n) is 4.60. The molecule has 0 aliphatic carbocycles. The summed E-state index contributed by atoms with van der Waals surface area (Å²) in [6.45, 7) is 7.29. The monoisotopic (exact) mass is 297 g/mol. The van der Waals surface area contributed by atoms with Crippen LogP contribution >= 0.6 is 0 Å². The molecule has 0 spiro atoms. The third-order valence-corrected chi connectivity index (χ3v) is 3.14. The van der Waals surface area contributed by atoms with Gasteiger partial charge < -0.3 is 18.8 Å². The molecule has 1 aromatic rings. The molecule has 1 aromatic heterocycles. The lowest BCUT2D eigenvalue weighted by Crippen LogP contribution is -2.28. The molecule has 0 aromatic carbocycles. The van der Waals surface area contributed by atoms with E-state index in [1.165, 1.54) is 10.6 Å². The van der Waals surface area contributed by atoms with E-state index in [4.69, 9.17) is 14.2 Å². The number of hydrogen-bond donors (Lipinski definition) is 0. The topological polar surface area (TPSA) is 66.8 Å². The van der Waals surface area contributed by atoms with Crippen LogP contribution in [0, 0.1) is 13.8 Å². The van der Waals surface area contributed by atoms with Gasteiger partial charge in [-0.3, -0.25) is 4.79 Å². The molecule has 118 valence electrons. The van der Waals surface area contributed by atoms with Gasteiger partial charge in [0.05, 0.1) is 32.0 Å². The van der Waals surface area contributed by atoms with Gasteiger partial charge in [0, 0.05) is 25.4 Å². The number of hydrogen-bond acceptors (Lipinski definition) is 5. The number of esters is 1. The first-order valence-corrected chi connectivity index (χ1v) is 6.97. The van der Waals surface area contributed by atoms with Crippen molar-refractivity contribution >= 4 is 5.97 Å². The van der Waals surface area contributed by atoms with Crippen LogP contribution in [-0.2, 0) is 20.8 Å². The van der Waals surface area contributed by atoms with E-state index in [2.05, 4.69) is 0 Å². The Hall–Kier alpha value is -1.66. The summed E-state index contributed by atoms with van der Waals surface area (Å²) in [4.78, 5) is 24.0. The number of rotatable bonds is 8. The highest BCUT2D eigenvalue weighted by Crippen LogP contribution is 2.13. The molecule has 1 heterocycles. The minimum absolute atomic E-state index is 0.145. The highest BCUT2D eigenvalue weighted by Gasteiger charge is 2.17. The van der Waals surface area contributed by atoms with Crippen molar-refractivity contribution in [1.29, 1.82) is 0 Å². The Morgan fingerprint density at radius 3 is 2.57 bits per heavy atom. The van der Waals surface area contributed by atoms with Crippen molar-refractivity contribution < 1.29 is 19.0 Å². The van der Waals surface area contributed by atoms with E-state index in [1.807, 2.05) is 0 Å². The molecule has 0 saturated heterocycles. The van der Waals surface area contributed by atoms with Gasteiger partial charge in [0.25, 0.3) is 5.56 Å². The molecular weight excluding hydrogens is 274 g/mol. The fraction of sp³-hybridized carbons (Fsp3) is 0.600. The van der Waals surface area contributed by atoms with Gasteiger partial charge in [0.15, 0.2) is 0 Å². The van der Waals surface area contributed by atoms with E-state index in [-0.39, 0.29) is 5.56 Å². The summed E-state index contributed by atoms with van der Waals surface area (Å²) in [5.74, 6) is -0.401. The molecule has 0 aliphatic heterocycles. The van der Waals surface area contributed by atoms with Crippen molar-refractivity contribution in [2.45, 2.75) is 27.3 Å². The Morgan fingerprint density at radius 1 is 1.24 bits per heavy atom. The zero-order valence-corrected chi connectivity index (χ0v) is 13.1. The molecule has 0 fully saturated rings. The van der Waals surface area contributed by atoms with Crippen LogP contribution in [0.15, 0.2) is 10.9 Å². The Labute approximate surface area is 124 Å². The molecule has 6 nitrogen and oxygen atoms in total. The number of methoxy groups -OCH3 is 1. The average Bonchev–Trinajstić information content (AvgIpc) is 2.41. The maximum absolute atomic E-state index is 12.0. The van der Waals surface area contributed by atoms with Crippen LogP contribution < -0.4 is 5.56 Å². The zero-order valence-electron chi connectivity index (χ0n) is 13.1. The molecule has 1 rings (SSSR count). The summed E-state index contributed by atoms with van der Waals surface area (Å²) in [7, 11) is 1.60. The third-order valence-electron chi connectivity index (χ3n) is 3.14. The minimum atomic E-state index is -0.401. The summed E-state index contributed by atoms with van der Waals surface area (Å²) < 4.78 is 16.8. The van der Waals surface area contributed by atoms with E-state index in [0.717, 1.165) is 0 Å². The van der Waals surface area contributed by atoms with Gasteiger partial charge in [-0.15, -0.1) is 0 Å². The number of pyridine rings is 1. The first-order chi connectivity index (χ1) is 10.0. The molecule has 0 radical (unpaired) electrons. The number of ether oxygens (including phenoxy) is 3. The molecule has 0 saturated carbocycles. The molecule has 6 heteroatoms. The van der Waals surface area contributed by atoms with Crippen LogP contribution in [0.25, 0.3) is 0 Å². The molecule has 0 atom stereocenters. The smallest absolute Gasteiger partial charge is 0.340 e. The number of aromatic nitrogens is 1. The van der Waals surface area contributed by atoms with Crippen LogP contribution in [0.4, 0.5) is 0 Å². The van der Waals surface area contributed by atoms with E-state index in [0.29, 0.717) is 49.8 Å². The highest BCUT2D eigenvalue weighted by atomic mass is 16.5. The largest absolute Gasteiger partial charge is 0.462 e. The highest BCUT2D eigenvalue weighted by molar-refractivity contribution is 5.92. The lowest BCUT2D eigenvalue weighted by molar-refractivity contribution is 0.0521. The predicted octanol–water partition coefficient (Wildman–Crippen LogP) is 1.30. The lowest BCUT2D eigenvalue weighted by atomic mass is 10.1. The molecule has 0 unspecified atom stereocenters. The van der Waals surface area contributed by atoms with E-state index < -0.39 is 5.97 Å².